The summed E-state index contributed by atoms with van der Waals surface area (Å²) in [4.78, 5) is 11.2. The van der Waals surface area contributed by atoms with Gasteiger partial charge in [-0.15, -0.1) is 0 Å². The molecule has 0 spiro atoms. The van der Waals surface area contributed by atoms with Gasteiger partial charge in [0.2, 0.25) is 0 Å². The third-order valence-corrected chi connectivity index (χ3v) is 3.99. The SMILES string of the molecule is COc1ccc(C(F)(F)F)cc1[C@H]1[C@H](C(=O)O)C1(C)C. The molecule has 0 radical (unpaired) electrons. The van der Waals surface area contributed by atoms with Crippen LogP contribution in [0.4, 0.5) is 13.2 Å². The minimum atomic E-state index is -4.46. The Morgan fingerprint density at radius 1 is 1.35 bits per heavy atom. The van der Waals surface area contributed by atoms with Gasteiger partial charge in [-0.1, -0.05) is 13.8 Å². The fourth-order valence-electron chi connectivity index (χ4n) is 2.83. The van der Waals surface area contributed by atoms with Crippen LogP contribution in [-0.4, -0.2) is 18.2 Å². The zero-order valence-corrected chi connectivity index (χ0v) is 11.3. The highest BCUT2D eigenvalue weighted by molar-refractivity contribution is 5.78. The van der Waals surface area contributed by atoms with Crippen molar-refractivity contribution in [3.63, 3.8) is 0 Å². The molecule has 1 aromatic rings. The second-order valence-electron chi connectivity index (χ2n) is 5.57. The number of rotatable bonds is 3. The van der Waals surface area contributed by atoms with Crippen molar-refractivity contribution in [1.82, 2.24) is 0 Å². The number of carboxylic acids is 1. The molecule has 1 fully saturated rings. The Labute approximate surface area is 114 Å². The van der Waals surface area contributed by atoms with Crippen molar-refractivity contribution < 1.29 is 27.8 Å². The maximum absolute atomic E-state index is 12.8. The lowest BCUT2D eigenvalue weighted by molar-refractivity contribution is -0.139. The zero-order valence-electron chi connectivity index (χ0n) is 11.3. The zero-order chi connectivity index (χ0) is 15.3. The predicted octanol–water partition coefficient (Wildman–Crippen LogP) is 3.54. The van der Waals surface area contributed by atoms with E-state index in [-0.39, 0.29) is 0 Å². The molecule has 0 bridgehead atoms. The molecule has 1 aliphatic rings. The third-order valence-electron chi connectivity index (χ3n) is 3.99. The Morgan fingerprint density at radius 2 is 1.95 bits per heavy atom. The van der Waals surface area contributed by atoms with Gasteiger partial charge in [-0.3, -0.25) is 4.79 Å². The van der Waals surface area contributed by atoms with Crippen LogP contribution in [0.25, 0.3) is 0 Å². The van der Waals surface area contributed by atoms with Gasteiger partial charge in [0.05, 0.1) is 18.6 Å². The fourth-order valence-corrected chi connectivity index (χ4v) is 2.83. The van der Waals surface area contributed by atoms with Gasteiger partial charge in [0.25, 0.3) is 0 Å². The van der Waals surface area contributed by atoms with Crippen molar-refractivity contribution in [1.29, 1.82) is 0 Å². The average molecular weight is 288 g/mol. The van der Waals surface area contributed by atoms with Crippen molar-refractivity contribution in [3.8, 4) is 5.75 Å². The number of methoxy groups -OCH3 is 1. The molecule has 1 aliphatic carbocycles. The Morgan fingerprint density at radius 3 is 2.35 bits per heavy atom. The van der Waals surface area contributed by atoms with Crippen LogP contribution in [0, 0.1) is 11.3 Å². The Hall–Kier alpha value is -1.72. The van der Waals surface area contributed by atoms with E-state index in [2.05, 4.69) is 0 Å². The first-order chi connectivity index (χ1) is 9.10. The van der Waals surface area contributed by atoms with Crippen LogP contribution in [-0.2, 0) is 11.0 Å². The molecule has 0 unspecified atom stereocenters. The van der Waals surface area contributed by atoms with E-state index >= 15 is 0 Å². The van der Waals surface area contributed by atoms with Gasteiger partial charge in [-0.2, -0.15) is 13.2 Å². The Balaban J connectivity index is 2.48. The van der Waals surface area contributed by atoms with Gasteiger partial charge in [-0.05, 0) is 29.2 Å². The molecule has 2 atom stereocenters. The molecule has 0 aromatic heterocycles. The maximum atomic E-state index is 12.8. The second-order valence-corrected chi connectivity index (χ2v) is 5.57. The van der Waals surface area contributed by atoms with Crippen LogP contribution < -0.4 is 4.74 Å². The summed E-state index contributed by atoms with van der Waals surface area (Å²) in [6.45, 7) is 3.46. The fraction of sp³-hybridized carbons (Fsp3) is 0.500. The minimum Gasteiger partial charge on any atom is -0.496 e. The summed E-state index contributed by atoms with van der Waals surface area (Å²) in [5, 5.41) is 9.15. The molecule has 0 saturated heterocycles. The topological polar surface area (TPSA) is 46.5 Å². The minimum absolute atomic E-state index is 0.292. The van der Waals surface area contributed by atoms with Crippen LogP contribution in [0.3, 0.4) is 0 Å². The first-order valence-electron chi connectivity index (χ1n) is 6.08. The van der Waals surface area contributed by atoms with E-state index in [4.69, 9.17) is 9.84 Å². The first-order valence-corrected chi connectivity index (χ1v) is 6.08. The summed E-state index contributed by atoms with van der Waals surface area (Å²) in [5.74, 6) is -1.88. The monoisotopic (exact) mass is 288 g/mol. The molecule has 2 rings (SSSR count). The molecule has 0 heterocycles. The normalized spacial score (nSPS) is 24.3. The Bertz CT molecular complexity index is 549. The van der Waals surface area contributed by atoms with E-state index in [0.29, 0.717) is 11.3 Å². The average Bonchev–Trinajstić information content (AvgIpc) is 2.90. The largest absolute Gasteiger partial charge is 0.496 e. The number of benzene rings is 1. The van der Waals surface area contributed by atoms with Crippen LogP contribution in [0.1, 0.15) is 30.9 Å². The van der Waals surface area contributed by atoms with Crippen LogP contribution in [0.15, 0.2) is 18.2 Å². The molecule has 1 saturated carbocycles. The quantitative estimate of drug-likeness (QED) is 0.925. The number of alkyl halides is 3. The third kappa shape index (κ3) is 2.23. The summed E-state index contributed by atoms with van der Waals surface area (Å²) < 4.78 is 43.4. The van der Waals surface area contributed by atoms with Gasteiger partial charge in [0.15, 0.2) is 0 Å². The molecular formula is C14H15F3O3. The van der Waals surface area contributed by atoms with Crippen LogP contribution >= 0.6 is 0 Å². The molecule has 110 valence electrons. The number of ether oxygens (including phenoxy) is 1. The number of hydrogen-bond donors (Lipinski definition) is 1. The molecular weight excluding hydrogens is 273 g/mol. The van der Waals surface area contributed by atoms with Gasteiger partial charge in [0.1, 0.15) is 5.75 Å². The van der Waals surface area contributed by atoms with E-state index in [1.807, 2.05) is 0 Å². The summed E-state index contributed by atoms with van der Waals surface area (Å²) in [5.41, 5.74) is -1.07. The van der Waals surface area contributed by atoms with E-state index < -0.39 is 35.0 Å². The number of aliphatic carboxylic acids is 1. The van der Waals surface area contributed by atoms with Gasteiger partial charge >= 0.3 is 12.1 Å². The predicted molar refractivity (Wildman–Crippen MR) is 65.6 cm³/mol. The number of carbonyl (C=O) groups is 1. The molecule has 3 nitrogen and oxygen atoms in total. The lowest BCUT2D eigenvalue weighted by Gasteiger charge is -2.13. The van der Waals surface area contributed by atoms with E-state index in [1.54, 1.807) is 13.8 Å². The molecule has 1 N–H and O–H groups in total. The van der Waals surface area contributed by atoms with Crippen molar-refractivity contribution in [2.24, 2.45) is 11.3 Å². The summed E-state index contributed by atoms with van der Waals surface area (Å²) >= 11 is 0. The van der Waals surface area contributed by atoms with Crippen LogP contribution in [0.2, 0.25) is 0 Å². The molecule has 0 aliphatic heterocycles. The number of halogens is 3. The smallest absolute Gasteiger partial charge is 0.416 e. The van der Waals surface area contributed by atoms with Crippen molar-refractivity contribution in [3.05, 3.63) is 29.3 Å². The lowest BCUT2D eigenvalue weighted by Crippen LogP contribution is -2.07. The first kappa shape index (κ1) is 14.7. The second kappa shape index (κ2) is 4.40. The number of carboxylic acid groups (broad SMARTS) is 1. The van der Waals surface area contributed by atoms with Gasteiger partial charge < -0.3 is 9.84 Å². The van der Waals surface area contributed by atoms with E-state index in [1.165, 1.54) is 13.2 Å². The highest BCUT2D eigenvalue weighted by Crippen LogP contribution is 2.66. The van der Waals surface area contributed by atoms with Crippen molar-refractivity contribution in [2.45, 2.75) is 25.9 Å². The van der Waals surface area contributed by atoms with Crippen molar-refractivity contribution >= 4 is 5.97 Å². The van der Waals surface area contributed by atoms with Crippen molar-refractivity contribution in [2.75, 3.05) is 7.11 Å². The van der Waals surface area contributed by atoms with Gasteiger partial charge in [0, 0.05) is 5.92 Å². The summed E-state index contributed by atoms with van der Waals surface area (Å²) in [6, 6.07) is 3.17. The Kier molecular flexibility index (Phi) is 3.23. The molecule has 6 heteroatoms. The standard InChI is InChI=1S/C14H15F3O3/c1-13(2)10(11(13)12(18)19)8-6-7(14(15,16)17)4-5-9(8)20-3/h4-6,10-11H,1-3H3,(H,18,19)/t10-,11+/m0/s1. The lowest BCUT2D eigenvalue weighted by atomic mass is 10.00. The number of hydrogen-bond acceptors (Lipinski definition) is 2. The molecule has 0 amide bonds. The van der Waals surface area contributed by atoms with E-state index in [0.717, 1.165) is 12.1 Å². The summed E-state index contributed by atoms with van der Waals surface area (Å²) in [7, 11) is 1.36. The van der Waals surface area contributed by atoms with E-state index in [9.17, 15) is 18.0 Å². The summed E-state index contributed by atoms with van der Waals surface area (Å²) in [6.07, 6.45) is -4.46. The molecule has 20 heavy (non-hydrogen) atoms. The highest BCUT2D eigenvalue weighted by atomic mass is 19.4. The highest BCUT2D eigenvalue weighted by Gasteiger charge is 2.63. The van der Waals surface area contributed by atoms with Crippen LogP contribution in [0.5, 0.6) is 5.75 Å². The van der Waals surface area contributed by atoms with Gasteiger partial charge in [-0.25, -0.2) is 0 Å². The maximum Gasteiger partial charge on any atom is 0.416 e. The molecule has 1 aromatic carbocycles.